The van der Waals surface area contributed by atoms with E-state index in [9.17, 15) is 8.78 Å². The lowest BCUT2D eigenvalue weighted by atomic mass is 10.1. The van der Waals surface area contributed by atoms with Crippen molar-refractivity contribution < 1.29 is 13.9 Å². The van der Waals surface area contributed by atoms with Crippen molar-refractivity contribution >= 4 is 10.9 Å². The second-order valence-electron chi connectivity index (χ2n) is 5.21. The molecular formula is C17H16F2N2O. The van der Waals surface area contributed by atoms with Gasteiger partial charge in [0.2, 0.25) is 0 Å². The van der Waals surface area contributed by atoms with E-state index in [1.165, 1.54) is 18.2 Å². The number of aromatic amines is 1. The van der Waals surface area contributed by atoms with E-state index in [0.29, 0.717) is 18.7 Å². The van der Waals surface area contributed by atoms with Gasteiger partial charge in [0.25, 0.3) is 0 Å². The van der Waals surface area contributed by atoms with Crippen molar-refractivity contribution in [3.8, 4) is 0 Å². The Kier molecular flexibility index (Phi) is 4.18. The predicted molar refractivity (Wildman–Crippen MR) is 81.1 cm³/mol. The van der Waals surface area contributed by atoms with Gasteiger partial charge in [-0.2, -0.15) is 0 Å². The molecule has 0 atom stereocenters. The molecule has 0 aliphatic heterocycles. The molecule has 1 heterocycles. The summed E-state index contributed by atoms with van der Waals surface area (Å²) in [7, 11) is 0. The van der Waals surface area contributed by atoms with Crippen molar-refractivity contribution in [3.63, 3.8) is 0 Å². The SMILES string of the molecule is OCc1cc(CNCc2cc3ccc(F)cc3[nH]2)ccc1F. The Balaban J connectivity index is 1.64. The normalized spacial score (nSPS) is 11.2. The number of rotatable bonds is 5. The molecule has 3 rings (SSSR count). The molecule has 3 nitrogen and oxygen atoms in total. The van der Waals surface area contributed by atoms with Crippen LogP contribution in [-0.2, 0) is 19.7 Å². The number of nitrogens with one attached hydrogen (secondary N) is 2. The van der Waals surface area contributed by atoms with Crippen LogP contribution in [0.4, 0.5) is 8.78 Å². The van der Waals surface area contributed by atoms with Crippen LogP contribution in [0.25, 0.3) is 10.9 Å². The van der Waals surface area contributed by atoms with Gasteiger partial charge in [-0.05, 0) is 47.3 Å². The average Bonchev–Trinajstić information content (AvgIpc) is 2.90. The van der Waals surface area contributed by atoms with Crippen LogP contribution in [0.1, 0.15) is 16.8 Å². The van der Waals surface area contributed by atoms with Crippen molar-refractivity contribution in [2.75, 3.05) is 0 Å². The van der Waals surface area contributed by atoms with E-state index in [1.54, 1.807) is 18.2 Å². The minimum atomic E-state index is -0.399. The number of benzene rings is 2. The Bertz CT molecular complexity index is 798. The predicted octanol–water partition coefficient (Wildman–Crippen LogP) is 3.23. The number of H-pyrrole nitrogens is 1. The molecule has 0 spiro atoms. The summed E-state index contributed by atoms with van der Waals surface area (Å²) in [6.07, 6.45) is 0. The first-order valence-electron chi connectivity index (χ1n) is 7.02. The molecule has 3 aromatic rings. The summed E-state index contributed by atoms with van der Waals surface area (Å²) in [5.74, 6) is -0.666. The molecular weight excluding hydrogens is 286 g/mol. The zero-order valence-corrected chi connectivity index (χ0v) is 11.9. The topological polar surface area (TPSA) is 48.0 Å². The molecule has 0 aliphatic carbocycles. The molecule has 114 valence electrons. The quantitative estimate of drug-likeness (QED) is 0.677. The van der Waals surface area contributed by atoms with E-state index in [4.69, 9.17) is 5.11 Å². The van der Waals surface area contributed by atoms with E-state index >= 15 is 0 Å². The number of aliphatic hydroxyl groups is 1. The van der Waals surface area contributed by atoms with Crippen molar-refractivity contribution in [2.45, 2.75) is 19.7 Å². The Morgan fingerprint density at radius 1 is 1.00 bits per heavy atom. The largest absolute Gasteiger partial charge is 0.392 e. The lowest BCUT2D eigenvalue weighted by Crippen LogP contribution is -2.13. The van der Waals surface area contributed by atoms with Gasteiger partial charge in [-0.3, -0.25) is 0 Å². The number of hydrogen-bond acceptors (Lipinski definition) is 2. The van der Waals surface area contributed by atoms with Crippen LogP contribution >= 0.6 is 0 Å². The fraction of sp³-hybridized carbons (Fsp3) is 0.176. The van der Waals surface area contributed by atoms with Crippen molar-refractivity contribution in [2.24, 2.45) is 0 Å². The monoisotopic (exact) mass is 302 g/mol. The highest BCUT2D eigenvalue weighted by atomic mass is 19.1. The van der Waals surface area contributed by atoms with Gasteiger partial charge in [0.1, 0.15) is 11.6 Å². The molecule has 0 fully saturated rings. The molecule has 5 heteroatoms. The maximum atomic E-state index is 13.3. The smallest absolute Gasteiger partial charge is 0.128 e. The van der Waals surface area contributed by atoms with Crippen molar-refractivity contribution in [1.82, 2.24) is 10.3 Å². The first kappa shape index (κ1) is 14.7. The Morgan fingerprint density at radius 3 is 2.68 bits per heavy atom. The number of hydrogen-bond donors (Lipinski definition) is 3. The van der Waals surface area contributed by atoms with E-state index in [0.717, 1.165) is 22.2 Å². The molecule has 2 aromatic carbocycles. The lowest BCUT2D eigenvalue weighted by molar-refractivity contribution is 0.275. The molecule has 0 saturated carbocycles. The third-order valence-corrected chi connectivity index (χ3v) is 3.57. The summed E-state index contributed by atoms with van der Waals surface area (Å²) < 4.78 is 26.4. The average molecular weight is 302 g/mol. The lowest BCUT2D eigenvalue weighted by Gasteiger charge is -2.06. The minimum Gasteiger partial charge on any atom is -0.392 e. The Morgan fingerprint density at radius 2 is 1.86 bits per heavy atom. The number of halogens is 2. The number of fused-ring (bicyclic) bond motifs is 1. The third-order valence-electron chi connectivity index (χ3n) is 3.57. The maximum absolute atomic E-state index is 13.3. The number of aromatic nitrogens is 1. The molecule has 0 amide bonds. The summed E-state index contributed by atoms with van der Waals surface area (Å²) in [5.41, 5.74) is 2.90. The van der Waals surface area contributed by atoms with Gasteiger partial charge < -0.3 is 15.4 Å². The summed E-state index contributed by atoms with van der Waals surface area (Å²) in [5, 5.41) is 13.2. The van der Waals surface area contributed by atoms with Crippen LogP contribution in [0.2, 0.25) is 0 Å². The number of aliphatic hydroxyl groups excluding tert-OH is 1. The molecule has 0 saturated heterocycles. The third kappa shape index (κ3) is 3.16. The van der Waals surface area contributed by atoms with E-state index in [1.807, 2.05) is 6.07 Å². The first-order chi connectivity index (χ1) is 10.7. The summed E-state index contributed by atoms with van der Waals surface area (Å²) >= 11 is 0. The Hall–Kier alpha value is -2.24. The zero-order chi connectivity index (χ0) is 15.5. The van der Waals surface area contributed by atoms with Gasteiger partial charge in [-0.25, -0.2) is 8.78 Å². The highest BCUT2D eigenvalue weighted by molar-refractivity contribution is 5.80. The summed E-state index contributed by atoms with van der Waals surface area (Å²) in [6, 6.07) is 11.3. The van der Waals surface area contributed by atoms with Gasteiger partial charge in [0.05, 0.1) is 6.61 Å². The summed E-state index contributed by atoms with van der Waals surface area (Å²) in [6.45, 7) is 0.826. The fourth-order valence-electron chi connectivity index (χ4n) is 2.46. The maximum Gasteiger partial charge on any atom is 0.128 e. The second-order valence-corrected chi connectivity index (χ2v) is 5.21. The molecule has 0 unspecified atom stereocenters. The molecule has 3 N–H and O–H groups in total. The first-order valence-corrected chi connectivity index (χ1v) is 7.02. The van der Waals surface area contributed by atoms with Crippen molar-refractivity contribution in [3.05, 3.63) is 70.9 Å². The van der Waals surface area contributed by atoms with Gasteiger partial charge in [0, 0.05) is 29.9 Å². The van der Waals surface area contributed by atoms with Gasteiger partial charge in [0.15, 0.2) is 0 Å². The summed E-state index contributed by atoms with van der Waals surface area (Å²) in [4.78, 5) is 3.15. The molecule has 1 aromatic heterocycles. The standard InChI is InChI=1S/C17H16F2N2O/c18-14-3-2-12-6-15(21-17(12)7-14)9-20-8-11-1-4-16(19)13(5-11)10-22/h1-7,20-22H,8-10H2. The van der Waals surface area contributed by atoms with Crippen molar-refractivity contribution in [1.29, 1.82) is 0 Å². The molecule has 22 heavy (non-hydrogen) atoms. The fourth-order valence-corrected chi connectivity index (χ4v) is 2.46. The van der Waals surface area contributed by atoms with Crippen LogP contribution in [0.15, 0.2) is 42.5 Å². The van der Waals surface area contributed by atoms with Crippen LogP contribution in [0.5, 0.6) is 0 Å². The van der Waals surface area contributed by atoms with Gasteiger partial charge in [-0.1, -0.05) is 6.07 Å². The van der Waals surface area contributed by atoms with E-state index < -0.39 is 5.82 Å². The van der Waals surface area contributed by atoms with Crippen LogP contribution in [-0.4, -0.2) is 10.1 Å². The van der Waals surface area contributed by atoms with E-state index in [2.05, 4.69) is 10.3 Å². The highest BCUT2D eigenvalue weighted by Gasteiger charge is 2.04. The van der Waals surface area contributed by atoms with Crippen LogP contribution in [0, 0.1) is 11.6 Å². The van der Waals surface area contributed by atoms with E-state index in [-0.39, 0.29) is 12.4 Å². The second kappa shape index (κ2) is 6.25. The zero-order valence-electron chi connectivity index (χ0n) is 11.9. The molecule has 0 radical (unpaired) electrons. The highest BCUT2D eigenvalue weighted by Crippen LogP contribution is 2.16. The van der Waals surface area contributed by atoms with Crippen LogP contribution < -0.4 is 5.32 Å². The minimum absolute atomic E-state index is 0.267. The van der Waals surface area contributed by atoms with Crippen LogP contribution in [0.3, 0.4) is 0 Å². The molecule has 0 bridgehead atoms. The Labute approximate surface area is 126 Å². The van der Waals surface area contributed by atoms with Gasteiger partial charge in [-0.15, -0.1) is 0 Å². The van der Waals surface area contributed by atoms with Gasteiger partial charge >= 0.3 is 0 Å². The molecule has 0 aliphatic rings.